The first kappa shape index (κ1) is 13.2. The molecule has 0 saturated carbocycles. The maximum Gasteiger partial charge on any atom is 0.255 e. The summed E-state index contributed by atoms with van der Waals surface area (Å²) in [5.41, 5.74) is 5.67. The van der Waals surface area contributed by atoms with E-state index in [1.807, 2.05) is 0 Å². The number of rotatable bonds is 4. The van der Waals surface area contributed by atoms with Gasteiger partial charge < -0.3 is 15.4 Å². The van der Waals surface area contributed by atoms with E-state index in [2.05, 4.69) is 15.1 Å². The van der Waals surface area contributed by atoms with Crippen LogP contribution in [0.3, 0.4) is 0 Å². The SMILES string of the molecule is NCC[C@H](O)c1nc(-c2ncc(Cl)cc2Cl)no1. The van der Waals surface area contributed by atoms with Crippen molar-refractivity contribution in [2.75, 3.05) is 6.54 Å². The molecule has 2 aromatic rings. The smallest absolute Gasteiger partial charge is 0.255 e. The fourth-order valence-corrected chi connectivity index (χ4v) is 1.79. The molecule has 8 heteroatoms. The zero-order valence-electron chi connectivity index (χ0n) is 9.18. The van der Waals surface area contributed by atoms with Crippen LogP contribution in [0.25, 0.3) is 11.5 Å². The molecule has 0 aliphatic heterocycles. The Bertz CT molecular complexity index is 546. The Morgan fingerprint density at radius 1 is 1.44 bits per heavy atom. The van der Waals surface area contributed by atoms with E-state index >= 15 is 0 Å². The number of aliphatic hydroxyl groups is 1. The second-order valence-electron chi connectivity index (χ2n) is 3.53. The van der Waals surface area contributed by atoms with E-state index in [9.17, 15) is 5.11 Å². The Kier molecular flexibility index (Phi) is 4.13. The highest BCUT2D eigenvalue weighted by atomic mass is 35.5. The number of nitrogens with two attached hydrogens (primary N) is 1. The van der Waals surface area contributed by atoms with Gasteiger partial charge in [-0.25, -0.2) is 4.98 Å². The Morgan fingerprint density at radius 2 is 2.22 bits per heavy atom. The van der Waals surface area contributed by atoms with E-state index in [4.69, 9.17) is 33.5 Å². The zero-order chi connectivity index (χ0) is 13.1. The first-order valence-corrected chi connectivity index (χ1v) is 5.90. The average molecular weight is 289 g/mol. The van der Waals surface area contributed by atoms with E-state index in [1.54, 1.807) is 0 Å². The predicted octanol–water partition coefficient (Wildman–Crippen LogP) is 1.82. The lowest BCUT2D eigenvalue weighted by atomic mass is 10.2. The van der Waals surface area contributed by atoms with Crippen LogP contribution in [0, 0.1) is 0 Å². The zero-order valence-corrected chi connectivity index (χ0v) is 10.7. The average Bonchev–Trinajstić information content (AvgIpc) is 2.78. The molecule has 0 spiro atoms. The Morgan fingerprint density at radius 3 is 2.89 bits per heavy atom. The first-order valence-electron chi connectivity index (χ1n) is 5.15. The summed E-state index contributed by atoms with van der Waals surface area (Å²) < 4.78 is 4.92. The normalized spacial score (nSPS) is 12.7. The fraction of sp³-hybridized carbons (Fsp3) is 0.300. The summed E-state index contributed by atoms with van der Waals surface area (Å²) in [5, 5.41) is 14.1. The molecule has 2 heterocycles. The summed E-state index contributed by atoms with van der Waals surface area (Å²) >= 11 is 11.7. The number of hydrogen-bond donors (Lipinski definition) is 2. The molecule has 0 fully saturated rings. The number of halogens is 2. The van der Waals surface area contributed by atoms with Crippen molar-refractivity contribution < 1.29 is 9.63 Å². The molecule has 6 nitrogen and oxygen atoms in total. The van der Waals surface area contributed by atoms with Gasteiger partial charge in [-0.3, -0.25) is 0 Å². The molecule has 2 rings (SSSR count). The number of pyridine rings is 1. The topological polar surface area (TPSA) is 98.1 Å². The highest BCUT2D eigenvalue weighted by molar-refractivity contribution is 6.35. The number of aromatic nitrogens is 3. The number of hydrogen-bond acceptors (Lipinski definition) is 6. The van der Waals surface area contributed by atoms with Crippen molar-refractivity contribution in [1.29, 1.82) is 0 Å². The van der Waals surface area contributed by atoms with Crippen LogP contribution >= 0.6 is 23.2 Å². The second kappa shape index (κ2) is 5.62. The quantitative estimate of drug-likeness (QED) is 0.890. The van der Waals surface area contributed by atoms with Gasteiger partial charge in [0.25, 0.3) is 5.89 Å². The van der Waals surface area contributed by atoms with E-state index in [0.29, 0.717) is 28.7 Å². The summed E-state index contributed by atoms with van der Waals surface area (Å²) in [4.78, 5) is 8.03. The van der Waals surface area contributed by atoms with Gasteiger partial charge in [-0.1, -0.05) is 28.4 Å². The lowest BCUT2D eigenvalue weighted by molar-refractivity contribution is 0.127. The van der Waals surface area contributed by atoms with Crippen LogP contribution in [-0.4, -0.2) is 26.8 Å². The Hall–Kier alpha value is -1.21. The molecule has 0 aromatic carbocycles. The lowest BCUT2D eigenvalue weighted by Gasteiger charge is -2.01. The standard InChI is InChI=1S/C10H10Cl2N4O2/c11-5-3-6(12)8(14-4-5)9-15-10(18-16-9)7(17)1-2-13/h3-4,7,17H,1-2,13H2/t7-/m0/s1. The van der Waals surface area contributed by atoms with Crippen LogP contribution < -0.4 is 5.73 Å². The third-order valence-electron chi connectivity index (χ3n) is 2.19. The highest BCUT2D eigenvalue weighted by Crippen LogP contribution is 2.26. The van der Waals surface area contributed by atoms with Crippen LogP contribution in [0.15, 0.2) is 16.8 Å². The molecule has 0 aliphatic rings. The van der Waals surface area contributed by atoms with Crippen LogP contribution in [0.2, 0.25) is 10.0 Å². The molecule has 1 atom stereocenters. The summed E-state index contributed by atoms with van der Waals surface area (Å²) in [6, 6.07) is 1.53. The van der Waals surface area contributed by atoms with Crippen molar-refractivity contribution in [2.45, 2.75) is 12.5 Å². The molecule has 2 aromatic heterocycles. The second-order valence-corrected chi connectivity index (χ2v) is 4.38. The predicted molar refractivity (Wildman–Crippen MR) is 66.2 cm³/mol. The van der Waals surface area contributed by atoms with Crippen molar-refractivity contribution >= 4 is 23.2 Å². The minimum absolute atomic E-state index is 0.0864. The third kappa shape index (κ3) is 2.78. The molecule has 96 valence electrons. The molecule has 0 saturated heterocycles. The molecule has 0 radical (unpaired) electrons. The molecular weight excluding hydrogens is 279 g/mol. The summed E-state index contributed by atoms with van der Waals surface area (Å²) in [7, 11) is 0. The maximum atomic E-state index is 9.64. The molecule has 0 bridgehead atoms. The third-order valence-corrected chi connectivity index (χ3v) is 2.68. The highest BCUT2D eigenvalue weighted by Gasteiger charge is 2.18. The van der Waals surface area contributed by atoms with Gasteiger partial charge in [-0.05, 0) is 19.0 Å². The minimum atomic E-state index is -0.887. The van der Waals surface area contributed by atoms with Gasteiger partial charge in [-0.2, -0.15) is 4.98 Å². The van der Waals surface area contributed by atoms with E-state index < -0.39 is 6.10 Å². The van der Waals surface area contributed by atoms with Crippen LogP contribution in [0.1, 0.15) is 18.4 Å². The van der Waals surface area contributed by atoms with Crippen molar-refractivity contribution in [3.05, 3.63) is 28.2 Å². The monoisotopic (exact) mass is 288 g/mol. The molecule has 0 amide bonds. The molecule has 18 heavy (non-hydrogen) atoms. The van der Waals surface area contributed by atoms with Crippen LogP contribution in [-0.2, 0) is 0 Å². The Balaban J connectivity index is 2.29. The van der Waals surface area contributed by atoms with Gasteiger partial charge in [0.15, 0.2) is 0 Å². The van der Waals surface area contributed by atoms with E-state index in [0.717, 1.165) is 0 Å². The van der Waals surface area contributed by atoms with E-state index in [1.165, 1.54) is 12.3 Å². The summed E-state index contributed by atoms with van der Waals surface area (Å²) in [5.74, 6) is 0.283. The first-order chi connectivity index (χ1) is 8.61. The summed E-state index contributed by atoms with van der Waals surface area (Å²) in [6.45, 7) is 0.318. The Labute approximate surface area is 113 Å². The van der Waals surface area contributed by atoms with E-state index in [-0.39, 0.29) is 11.7 Å². The van der Waals surface area contributed by atoms with Crippen molar-refractivity contribution in [2.24, 2.45) is 5.73 Å². The number of aliphatic hydroxyl groups excluding tert-OH is 1. The van der Waals surface area contributed by atoms with Crippen molar-refractivity contribution in [1.82, 2.24) is 15.1 Å². The van der Waals surface area contributed by atoms with Gasteiger partial charge in [0, 0.05) is 6.20 Å². The van der Waals surface area contributed by atoms with Gasteiger partial charge in [0.05, 0.1) is 10.0 Å². The minimum Gasteiger partial charge on any atom is -0.383 e. The van der Waals surface area contributed by atoms with Gasteiger partial charge in [0.2, 0.25) is 5.82 Å². The largest absolute Gasteiger partial charge is 0.383 e. The molecule has 0 aliphatic carbocycles. The van der Waals surface area contributed by atoms with Crippen molar-refractivity contribution in [3.8, 4) is 11.5 Å². The van der Waals surface area contributed by atoms with Gasteiger partial charge >= 0.3 is 0 Å². The van der Waals surface area contributed by atoms with Gasteiger partial charge in [0.1, 0.15) is 11.8 Å². The van der Waals surface area contributed by atoms with Crippen LogP contribution in [0.5, 0.6) is 0 Å². The number of nitrogens with zero attached hydrogens (tertiary/aromatic N) is 3. The lowest BCUT2D eigenvalue weighted by Crippen LogP contribution is -2.06. The van der Waals surface area contributed by atoms with Crippen molar-refractivity contribution in [3.63, 3.8) is 0 Å². The summed E-state index contributed by atoms with van der Waals surface area (Å²) in [6.07, 6.45) is 0.876. The van der Waals surface area contributed by atoms with Crippen LogP contribution in [0.4, 0.5) is 0 Å². The molecule has 0 unspecified atom stereocenters. The maximum absolute atomic E-state index is 9.64. The molecule has 3 N–H and O–H groups in total. The molecular formula is C10H10Cl2N4O2. The fourth-order valence-electron chi connectivity index (χ4n) is 1.33. The van der Waals surface area contributed by atoms with Gasteiger partial charge in [-0.15, -0.1) is 0 Å².